The Kier molecular flexibility index (Phi) is 3.29. The maximum atomic E-state index is 6.38. The van der Waals surface area contributed by atoms with Crippen molar-refractivity contribution in [2.24, 2.45) is 0 Å². The lowest BCUT2D eigenvalue weighted by atomic mass is 9.99. The summed E-state index contributed by atoms with van der Waals surface area (Å²) in [6.07, 6.45) is 0. The predicted octanol–water partition coefficient (Wildman–Crippen LogP) is 4.58. The highest BCUT2D eigenvalue weighted by molar-refractivity contribution is 9.10. The molecule has 0 saturated carbocycles. The average molecular weight is 344 g/mol. The fourth-order valence-corrected chi connectivity index (χ4v) is 3.01. The highest BCUT2D eigenvalue weighted by Crippen LogP contribution is 2.32. The molecule has 108 valence electrons. The molecule has 1 aromatic carbocycles. The smallest absolute Gasteiger partial charge is 0.139 e. The van der Waals surface area contributed by atoms with Crippen molar-refractivity contribution in [2.75, 3.05) is 5.73 Å². The average Bonchev–Trinajstić information content (AvgIpc) is 2.76. The number of nitrogens with two attached hydrogens (primary N) is 1. The lowest BCUT2D eigenvalue weighted by molar-refractivity contribution is 1.09. The SMILES string of the molecule is Cc1cc(C)c(-c2nc3ccc(Br)c(C)n3c2N)cc1C. The largest absolute Gasteiger partial charge is 0.383 e. The maximum Gasteiger partial charge on any atom is 0.139 e. The molecule has 0 aliphatic heterocycles. The van der Waals surface area contributed by atoms with Gasteiger partial charge in [-0.1, -0.05) is 6.07 Å². The molecule has 0 fully saturated rings. The zero-order valence-electron chi connectivity index (χ0n) is 12.7. The summed E-state index contributed by atoms with van der Waals surface area (Å²) in [7, 11) is 0. The molecular weight excluding hydrogens is 326 g/mol. The number of rotatable bonds is 1. The number of anilines is 1. The van der Waals surface area contributed by atoms with Crippen molar-refractivity contribution >= 4 is 27.4 Å². The molecule has 0 aliphatic rings. The van der Waals surface area contributed by atoms with Gasteiger partial charge >= 0.3 is 0 Å². The molecule has 0 spiro atoms. The van der Waals surface area contributed by atoms with Crippen molar-refractivity contribution in [3.05, 3.63) is 51.1 Å². The van der Waals surface area contributed by atoms with E-state index in [0.717, 1.165) is 27.1 Å². The van der Waals surface area contributed by atoms with Crippen LogP contribution in [0.25, 0.3) is 16.9 Å². The first-order valence-electron chi connectivity index (χ1n) is 6.91. The number of benzene rings is 1. The molecule has 3 aromatic rings. The topological polar surface area (TPSA) is 43.3 Å². The van der Waals surface area contributed by atoms with Crippen molar-refractivity contribution in [3.8, 4) is 11.3 Å². The Labute approximate surface area is 132 Å². The van der Waals surface area contributed by atoms with Gasteiger partial charge < -0.3 is 5.73 Å². The minimum atomic E-state index is 0.690. The van der Waals surface area contributed by atoms with Crippen LogP contribution < -0.4 is 5.73 Å². The maximum absolute atomic E-state index is 6.38. The van der Waals surface area contributed by atoms with Crippen LogP contribution in [0.15, 0.2) is 28.7 Å². The van der Waals surface area contributed by atoms with Crippen LogP contribution >= 0.6 is 15.9 Å². The quantitative estimate of drug-likeness (QED) is 0.702. The summed E-state index contributed by atoms with van der Waals surface area (Å²) in [5, 5.41) is 0. The van der Waals surface area contributed by atoms with Gasteiger partial charge in [-0.15, -0.1) is 0 Å². The van der Waals surface area contributed by atoms with Gasteiger partial charge in [-0.3, -0.25) is 4.40 Å². The van der Waals surface area contributed by atoms with Crippen LogP contribution in [0.2, 0.25) is 0 Å². The third kappa shape index (κ3) is 2.14. The molecule has 0 bridgehead atoms. The van der Waals surface area contributed by atoms with Crippen molar-refractivity contribution in [1.82, 2.24) is 9.38 Å². The van der Waals surface area contributed by atoms with Gasteiger partial charge in [-0.25, -0.2) is 4.98 Å². The minimum Gasteiger partial charge on any atom is -0.383 e. The van der Waals surface area contributed by atoms with Crippen molar-refractivity contribution in [1.29, 1.82) is 0 Å². The Balaban J connectivity index is 2.34. The summed E-state index contributed by atoms with van der Waals surface area (Å²) in [6, 6.07) is 8.35. The third-order valence-electron chi connectivity index (χ3n) is 4.09. The van der Waals surface area contributed by atoms with E-state index in [-0.39, 0.29) is 0 Å². The number of pyridine rings is 1. The molecule has 0 atom stereocenters. The molecular formula is C17H18BrN3. The second-order valence-corrected chi connectivity index (χ2v) is 6.41. The van der Waals surface area contributed by atoms with Crippen molar-refractivity contribution in [2.45, 2.75) is 27.7 Å². The number of imidazole rings is 1. The number of aromatic nitrogens is 2. The van der Waals surface area contributed by atoms with Crippen LogP contribution in [-0.4, -0.2) is 9.38 Å². The van der Waals surface area contributed by atoms with Gasteiger partial charge in [0.05, 0.1) is 0 Å². The Morgan fingerprint density at radius 1 is 1.00 bits per heavy atom. The normalized spacial score (nSPS) is 11.3. The molecule has 2 N–H and O–H groups in total. The second kappa shape index (κ2) is 4.88. The Morgan fingerprint density at radius 2 is 1.67 bits per heavy atom. The Bertz CT molecular complexity index is 862. The van der Waals surface area contributed by atoms with E-state index in [0.29, 0.717) is 5.82 Å². The lowest BCUT2D eigenvalue weighted by Gasteiger charge is -2.09. The fraction of sp³-hybridized carbons (Fsp3) is 0.235. The summed E-state index contributed by atoms with van der Waals surface area (Å²) >= 11 is 3.55. The molecule has 0 aliphatic carbocycles. The van der Waals surface area contributed by atoms with Gasteiger partial charge in [-0.2, -0.15) is 0 Å². The van der Waals surface area contributed by atoms with E-state index in [4.69, 9.17) is 10.7 Å². The van der Waals surface area contributed by atoms with Crippen LogP contribution in [0.5, 0.6) is 0 Å². The van der Waals surface area contributed by atoms with Crippen LogP contribution in [0, 0.1) is 27.7 Å². The van der Waals surface area contributed by atoms with E-state index in [2.05, 4.69) is 48.8 Å². The van der Waals surface area contributed by atoms with Gasteiger partial charge in [0, 0.05) is 15.7 Å². The number of hydrogen-bond donors (Lipinski definition) is 1. The zero-order chi connectivity index (χ0) is 15.3. The van der Waals surface area contributed by atoms with Gasteiger partial charge in [-0.05, 0) is 78.5 Å². The summed E-state index contributed by atoms with van der Waals surface area (Å²) in [4.78, 5) is 4.73. The molecule has 3 rings (SSSR count). The predicted molar refractivity (Wildman–Crippen MR) is 91.7 cm³/mol. The van der Waals surface area contributed by atoms with E-state index in [1.165, 1.54) is 16.7 Å². The molecule has 0 saturated heterocycles. The van der Waals surface area contributed by atoms with E-state index >= 15 is 0 Å². The number of nitrogen functional groups attached to an aromatic ring is 1. The monoisotopic (exact) mass is 343 g/mol. The first kappa shape index (κ1) is 14.1. The summed E-state index contributed by atoms with van der Waals surface area (Å²) in [6.45, 7) is 8.38. The van der Waals surface area contributed by atoms with Gasteiger partial charge in [0.15, 0.2) is 0 Å². The summed E-state index contributed by atoms with van der Waals surface area (Å²) < 4.78 is 3.02. The molecule has 0 unspecified atom stereocenters. The van der Waals surface area contributed by atoms with E-state index in [1.807, 2.05) is 23.5 Å². The van der Waals surface area contributed by atoms with Gasteiger partial charge in [0.2, 0.25) is 0 Å². The van der Waals surface area contributed by atoms with Crippen molar-refractivity contribution in [3.63, 3.8) is 0 Å². The highest BCUT2D eigenvalue weighted by atomic mass is 79.9. The van der Waals surface area contributed by atoms with E-state index in [1.54, 1.807) is 0 Å². The van der Waals surface area contributed by atoms with Gasteiger partial charge in [0.25, 0.3) is 0 Å². The molecule has 21 heavy (non-hydrogen) atoms. The van der Waals surface area contributed by atoms with E-state index < -0.39 is 0 Å². The Hall–Kier alpha value is -1.81. The molecule has 0 radical (unpaired) electrons. The molecule has 0 amide bonds. The highest BCUT2D eigenvalue weighted by Gasteiger charge is 2.16. The number of nitrogens with zero attached hydrogens (tertiary/aromatic N) is 2. The summed E-state index contributed by atoms with van der Waals surface area (Å²) in [5.41, 5.74) is 14.0. The molecule has 3 nitrogen and oxygen atoms in total. The molecule has 2 heterocycles. The van der Waals surface area contributed by atoms with E-state index in [9.17, 15) is 0 Å². The van der Waals surface area contributed by atoms with Gasteiger partial charge in [0.1, 0.15) is 17.2 Å². The van der Waals surface area contributed by atoms with Crippen LogP contribution in [0.3, 0.4) is 0 Å². The van der Waals surface area contributed by atoms with Crippen molar-refractivity contribution < 1.29 is 0 Å². The second-order valence-electron chi connectivity index (χ2n) is 5.56. The van der Waals surface area contributed by atoms with Crippen LogP contribution in [0.1, 0.15) is 22.4 Å². The summed E-state index contributed by atoms with van der Waals surface area (Å²) in [5.74, 6) is 0.690. The number of halogens is 1. The number of fused-ring (bicyclic) bond motifs is 1. The first-order valence-corrected chi connectivity index (χ1v) is 7.70. The third-order valence-corrected chi connectivity index (χ3v) is 4.93. The van der Waals surface area contributed by atoms with Crippen LogP contribution in [0.4, 0.5) is 5.82 Å². The first-order chi connectivity index (χ1) is 9.90. The number of hydrogen-bond acceptors (Lipinski definition) is 2. The molecule has 4 heteroatoms. The van der Waals surface area contributed by atoms with Crippen LogP contribution in [-0.2, 0) is 0 Å². The lowest BCUT2D eigenvalue weighted by Crippen LogP contribution is -1.99. The Morgan fingerprint density at radius 3 is 2.38 bits per heavy atom. The minimum absolute atomic E-state index is 0.690. The zero-order valence-corrected chi connectivity index (χ0v) is 14.2. The standard InChI is InChI=1S/C17H18BrN3/c1-9-7-11(3)13(8-10(9)2)16-17(19)21-12(4)14(18)5-6-15(21)20-16/h5-8H,19H2,1-4H3. The number of aryl methyl sites for hydroxylation is 4. The molecule has 2 aromatic heterocycles. The fourth-order valence-electron chi connectivity index (χ4n) is 2.70.